The van der Waals surface area contributed by atoms with Gasteiger partial charge < -0.3 is 5.11 Å². The summed E-state index contributed by atoms with van der Waals surface area (Å²) in [4.78, 5) is 0. The average Bonchev–Trinajstić information content (AvgIpc) is 2.36. The molecule has 0 saturated carbocycles. The molecule has 1 aromatic carbocycles. The maximum Gasteiger partial charge on any atom is 0.212 e. The third kappa shape index (κ3) is 5.30. The lowest BCUT2D eigenvalue weighted by molar-refractivity contribution is 0.227. The number of aliphatic hydroxyl groups excluding tert-OH is 1. The molecule has 108 valence electrons. The molecule has 0 bridgehead atoms. The van der Waals surface area contributed by atoms with Crippen LogP contribution in [0.2, 0.25) is 0 Å². The van der Waals surface area contributed by atoms with Crippen molar-refractivity contribution in [2.24, 2.45) is 5.92 Å². The van der Waals surface area contributed by atoms with Gasteiger partial charge in [-0.25, -0.2) is 13.1 Å². The van der Waals surface area contributed by atoms with E-state index in [1.807, 2.05) is 51.1 Å². The summed E-state index contributed by atoms with van der Waals surface area (Å²) in [5.41, 5.74) is 0.998. The Morgan fingerprint density at radius 2 is 1.74 bits per heavy atom. The predicted molar refractivity (Wildman–Crippen MR) is 77.5 cm³/mol. The Hall–Kier alpha value is -0.910. The molecule has 0 heterocycles. The van der Waals surface area contributed by atoms with Gasteiger partial charge in [-0.3, -0.25) is 0 Å². The number of hydrogen-bond acceptors (Lipinski definition) is 3. The number of nitrogens with one attached hydrogen (secondary N) is 1. The summed E-state index contributed by atoms with van der Waals surface area (Å²) < 4.78 is 26.7. The minimum atomic E-state index is -3.40. The zero-order chi connectivity index (χ0) is 14.5. The number of aliphatic hydroxyl groups is 1. The molecule has 0 fully saturated rings. The molecule has 0 aliphatic rings. The third-order valence-corrected chi connectivity index (χ3v) is 4.77. The SMILES string of the molecule is CC(CS(=O)(=O)N[C@H](CO)C(C)C)c1ccccc1. The van der Waals surface area contributed by atoms with E-state index in [0.29, 0.717) is 0 Å². The molecule has 0 saturated heterocycles. The van der Waals surface area contributed by atoms with Crippen molar-refractivity contribution in [1.82, 2.24) is 4.72 Å². The number of sulfonamides is 1. The van der Waals surface area contributed by atoms with E-state index in [2.05, 4.69) is 4.72 Å². The van der Waals surface area contributed by atoms with Crippen LogP contribution < -0.4 is 4.72 Å². The van der Waals surface area contributed by atoms with Crippen LogP contribution in [0.1, 0.15) is 32.3 Å². The summed E-state index contributed by atoms with van der Waals surface area (Å²) in [7, 11) is -3.40. The highest BCUT2D eigenvalue weighted by Crippen LogP contribution is 2.16. The van der Waals surface area contributed by atoms with E-state index in [1.165, 1.54) is 0 Å². The van der Waals surface area contributed by atoms with E-state index in [0.717, 1.165) is 5.56 Å². The summed E-state index contributed by atoms with van der Waals surface area (Å²) in [6, 6.07) is 9.13. The second-order valence-corrected chi connectivity index (χ2v) is 7.04. The van der Waals surface area contributed by atoms with Gasteiger partial charge in [0.1, 0.15) is 0 Å². The maximum atomic E-state index is 12.1. The standard InChI is InChI=1S/C14H23NO3S/c1-11(2)14(9-16)15-19(17,18)10-12(3)13-7-5-4-6-8-13/h4-8,11-12,14-16H,9-10H2,1-3H3/t12?,14-/m1/s1. The lowest BCUT2D eigenvalue weighted by Gasteiger charge is -2.21. The zero-order valence-corrected chi connectivity index (χ0v) is 12.5. The minimum absolute atomic E-state index is 0.0280. The van der Waals surface area contributed by atoms with E-state index in [1.54, 1.807) is 0 Å². The summed E-state index contributed by atoms with van der Waals surface area (Å²) in [5.74, 6) is 0.0114. The van der Waals surface area contributed by atoms with E-state index in [9.17, 15) is 13.5 Å². The van der Waals surface area contributed by atoms with Gasteiger partial charge >= 0.3 is 0 Å². The van der Waals surface area contributed by atoms with Gasteiger partial charge in [-0.15, -0.1) is 0 Å². The highest BCUT2D eigenvalue weighted by molar-refractivity contribution is 7.89. The van der Waals surface area contributed by atoms with Crippen molar-refractivity contribution in [3.8, 4) is 0 Å². The molecular formula is C14H23NO3S. The number of rotatable bonds is 7. The summed E-state index contributed by atoms with van der Waals surface area (Å²) in [6.07, 6.45) is 0. The summed E-state index contributed by atoms with van der Waals surface area (Å²) >= 11 is 0. The van der Waals surface area contributed by atoms with Crippen LogP contribution in [0.15, 0.2) is 30.3 Å². The Labute approximate surface area is 115 Å². The molecule has 1 rings (SSSR count). The fraction of sp³-hybridized carbons (Fsp3) is 0.571. The van der Waals surface area contributed by atoms with Gasteiger partial charge in [0.15, 0.2) is 0 Å². The van der Waals surface area contributed by atoms with Crippen molar-refractivity contribution >= 4 is 10.0 Å². The Bertz CT molecular complexity index is 471. The Morgan fingerprint density at radius 1 is 1.16 bits per heavy atom. The molecule has 1 unspecified atom stereocenters. The van der Waals surface area contributed by atoms with Gasteiger partial charge in [-0.1, -0.05) is 51.1 Å². The summed E-state index contributed by atoms with van der Waals surface area (Å²) in [5, 5.41) is 9.18. The average molecular weight is 285 g/mol. The lowest BCUT2D eigenvalue weighted by Crippen LogP contribution is -2.42. The quantitative estimate of drug-likeness (QED) is 0.801. The molecule has 0 spiro atoms. The molecule has 0 aliphatic heterocycles. The maximum absolute atomic E-state index is 12.1. The first-order chi connectivity index (χ1) is 8.85. The largest absolute Gasteiger partial charge is 0.395 e. The molecule has 0 aromatic heterocycles. The Balaban J connectivity index is 2.69. The predicted octanol–water partition coefficient (Wildman–Crippen LogP) is 1.73. The van der Waals surface area contributed by atoms with Crippen molar-refractivity contribution < 1.29 is 13.5 Å². The molecule has 1 aromatic rings. The molecule has 2 N–H and O–H groups in total. The second-order valence-electron chi connectivity index (χ2n) is 5.24. The van der Waals surface area contributed by atoms with Crippen molar-refractivity contribution in [3.05, 3.63) is 35.9 Å². The van der Waals surface area contributed by atoms with E-state index in [-0.39, 0.29) is 24.2 Å². The third-order valence-electron chi connectivity index (χ3n) is 3.17. The first kappa shape index (κ1) is 16.1. The highest BCUT2D eigenvalue weighted by Gasteiger charge is 2.22. The van der Waals surface area contributed by atoms with Gasteiger partial charge in [0.25, 0.3) is 0 Å². The van der Waals surface area contributed by atoms with E-state index < -0.39 is 16.1 Å². The van der Waals surface area contributed by atoms with Crippen LogP contribution in [0.25, 0.3) is 0 Å². The van der Waals surface area contributed by atoms with Crippen molar-refractivity contribution in [1.29, 1.82) is 0 Å². The topological polar surface area (TPSA) is 66.4 Å². The highest BCUT2D eigenvalue weighted by atomic mass is 32.2. The van der Waals surface area contributed by atoms with Gasteiger partial charge in [-0.2, -0.15) is 0 Å². The lowest BCUT2D eigenvalue weighted by atomic mass is 10.0. The molecule has 19 heavy (non-hydrogen) atoms. The van der Waals surface area contributed by atoms with Crippen LogP contribution in [0.4, 0.5) is 0 Å². The van der Waals surface area contributed by atoms with Crippen molar-refractivity contribution in [3.63, 3.8) is 0 Å². The monoisotopic (exact) mass is 285 g/mol. The molecule has 0 amide bonds. The fourth-order valence-corrected chi connectivity index (χ4v) is 3.62. The van der Waals surface area contributed by atoms with Gasteiger partial charge in [0.2, 0.25) is 10.0 Å². The molecule has 5 heteroatoms. The smallest absolute Gasteiger partial charge is 0.212 e. The van der Waals surface area contributed by atoms with E-state index in [4.69, 9.17) is 0 Å². The van der Waals surface area contributed by atoms with Gasteiger partial charge in [-0.05, 0) is 17.4 Å². The molecule has 4 nitrogen and oxygen atoms in total. The molecule has 2 atom stereocenters. The van der Waals surface area contributed by atoms with Crippen LogP contribution >= 0.6 is 0 Å². The van der Waals surface area contributed by atoms with Crippen molar-refractivity contribution in [2.75, 3.05) is 12.4 Å². The van der Waals surface area contributed by atoms with Crippen LogP contribution in [0, 0.1) is 5.92 Å². The Kier molecular flexibility index (Phi) is 5.97. The minimum Gasteiger partial charge on any atom is -0.395 e. The van der Waals surface area contributed by atoms with Gasteiger partial charge in [0, 0.05) is 6.04 Å². The normalized spacial score (nSPS) is 15.4. The molecule has 0 radical (unpaired) electrons. The first-order valence-electron chi connectivity index (χ1n) is 6.51. The first-order valence-corrected chi connectivity index (χ1v) is 8.16. The second kappa shape index (κ2) is 7.03. The summed E-state index contributed by atoms with van der Waals surface area (Å²) in [6.45, 7) is 5.46. The van der Waals surface area contributed by atoms with Crippen LogP contribution in [-0.4, -0.2) is 31.9 Å². The number of hydrogen-bond donors (Lipinski definition) is 2. The zero-order valence-electron chi connectivity index (χ0n) is 11.7. The number of benzene rings is 1. The molecular weight excluding hydrogens is 262 g/mol. The van der Waals surface area contributed by atoms with Gasteiger partial charge in [0.05, 0.1) is 12.4 Å². The van der Waals surface area contributed by atoms with Crippen LogP contribution in [-0.2, 0) is 10.0 Å². The fourth-order valence-electron chi connectivity index (χ4n) is 1.87. The molecule has 0 aliphatic carbocycles. The van der Waals surface area contributed by atoms with Crippen LogP contribution in [0.3, 0.4) is 0 Å². The van der Waals surface area contributed by atoms with E-state index >= 15 is 0 Å². The van der Waals surface area contributed by atoms with Crippen LogP contribution in [0.5, 0.6) is 0 Å². The van der Waals surface area contributed by atoms with Crippen molar-refractivity contribution in [2.45, 2.75) is 32.7 Å². The Morgan fingerprint density at radius 3 is 2.21 bits per heavy atom.